The molecule has 18 heavy (non-hydrogen) atoms. The van der Waals surface area contributed by atoms with E-state index in [1.54, 1.807) is 13.3 Å². The van der Waals surface area contributed by atoms with Crippen LogP contribution in [0, 0.1) is 0 Å². The molecule has 1 aromatic heterocycles. The van der Waals surface area contributed by atoms with Gasteiger partial charge in [0.25, 0.3) is 0 Å². The fourth-order valence-electron chi connectivity index (χ4n) is 1.78. The first-order valence-corrected chi connectivity index (χ1v) is 6.54. The molecule has 5 heteroatoms. The maximum atomic E-state index is 5.17. The molecule has 0 aliphatic carbocycles. The van der Waals surface area contributed by atoms with Gasteiger partial charge in [-0.05, 0) is 25.1 Å². The van der Waals surface area contributed by atoms with Crippen molar-refractivity contribution in [3.63, 3.8) is 0 Å². The average molecular weight is 310 g/mol. The molecule has 4 nitrogen and oxygen atoms in total. The number of rotatable bonds is 5. The summed E-state index contributed by atoms with van der Waals surface area (Å²) < 4.78 is 8.27. The molecule has 0 fully saturated rings. The number of methoxy groups -OCH3 is 1. The van der Waals surface area contributed by atoms with Gasteiger partial charge in [0.1, 0.15) is 0 Å². The number of aromatic nitrogens is 2. The monoisotopic (exact) mass is 309 g/mol. The van der Waals surface area contributed by atoms with Crippen LogP contribution < -0.4 is 5.32 Å². The topological polar surface area (TPSA) is 39.1 Å². The molecule has 96 valence electrons. The van der Waals surface area contributed by atoms with Crippen LogP contribution in [0.25, 0.3) is 0 Å². The number of imidazole rings is 1. The van der Waals surface area contributed by atoms with Crippen molar-refractivity contribution in [2.24, 2.45) is 0 Å². The first-order valence-electron chi connectivity index (χ1n) is 5.75. The lowest BCUT2D eigenvalue weighted by atomic mass is 10.3. The first-order chi connectivity index (χ1) is 8.70. The van der Waals surface area contributed by atoms with E-state index < -0.39 is 0 Å². The lowest BCUT2D eigenvalue weighted by Crippen LogP contribution is -2.12. The molecule has 0 spiro atoms. The SMILES string of the molecule is COCC(C)n1ccnc1Nc1cccc(Br)c1. The highest BCUT2D eigenvalue weighted by atomic mass is 79.9. The Kier molecular flexibility index (Phi) is 4.38. The summed E-state index contributed by atoms with van der Waals surface area (Å²) in [6.07, 6.45) is 3.73. The van der Waals surface area contributed by atoms with Gasteiger partial charge in [-0.15, -0.1) is 0 Å². The van der Waals surface area contributed by atoms with Crippen LogP contribution in [0.4, 0.5) is 11.6 Å². The summed E-state index contributed by atoms with van der Waals surface area (Å²) in [5.41, 5.74) is 1.00. The maximum Gasteiger partial charge on any atom is 0.207 e. The molecule has 2 rings (SSSR count). The smallest absolute Gasteiger partial charge is 0.207 e. The average Bonchev–Trinajstić information content (AvgIpc) is 2.77. The maximum absolute atomic E-state index is 5.17. The van der Waals surface area contributed by atoms with Crippen LogP contribution in [0.3, 0.4) is 0 Å². The number of hydrogen-bond acceptors (Lipinski definition) is 3. The Morgan fingerprint density at radius 1 is 1.50 bits per heavy atom. The normalized spacial score (nSPS) is 12.4. The molecule has 1 atom stereocenters. The molecule has 1 N–H and O–H groups in total. The molecule has 2 aromatic rings. The predicted molar refractivity (Wildman–Crippen MR) is 76.2 cm³/mol. The van der Waals surface area contributed by atoms with Crippen LogP contribution in [0.2, 0.25) is 0 Å². The standard InChI is InChI=1S/C13H16BrN3O/c1-10(9-18-2)17-7-6-15-13(17)16-12-5-3-4-11(14)8-12/h3-8,10H,9H2,1-2H3,(H,15,16). The van der Waals surface area contributed by atoms with E-state index >= 15 is 0 Å². The second kappa shape index (κ2) is 6.02. The minimum Gasteiger partial charge on any atom is -0.383 e. The van der Waals surface area contributed by atoms with Crippen molar-refractivity contribution in [1.29, 1.82) is 0 Å². The van der Waals surface area contributed by atoms with Crippen molar-refractivity contribution in [2.45, 2.75) is 13.0 Å². The van der Waals surface area contributed by atoms with E-state index in [4.69, 9.17) is 4.74 Å². The van der Waals surface area contributed by atoms with Crippen molar-refractivity contribution in [1.82, 2.24) is 9.55 Å². The van der Waals surface area contributed by atoms with Crippen LogP contribution in [0.1, 0.15) is 13.0 Å². The fourth-order valence-corrected chi connectivity index (χ4v) is 2.18. The minimum atomic E-state index is 0.243. The Morgan fingerprint density at radius 3 is 3.06 bits per heavy atom. The Balaban J connectivity index is 2.17. The molecule has 0 amide bonds. The molecule has 1 heterocycles. The fraction of sp³-hybridized carbons (Fsp3) is 0.308. The molecule has 1 unspecified atom stereocenters. The highest BCUT2D eigenvalue weighted by Gasteiger charge is 2.09. The Morgan fingerprint density at radius 2 is 2.33 bits per heavy atom. The van der Waals surface area contributed by atoms with Crippen LogP contribution >= 0.6 is 15.9 Å². The molecule has 0 aliphatic rings. The molecular weight excluding hydrogens is 294 g/mol. The van der Waals surface area contributed by atoms with Crippen molar-refractivity contribution in [2.75, 3.05) is 19.0 Å². The van der Waals surface area contributed by atoms with Gasteiger partial charge in [-0.25, -0.2) is 4.98 Å². The number of nitrogens with one attached hydrogen (secondary N) is 1. The Hall–Kier alpha value is -1.33. The second-order valence-electron chi connectivity index (χ2n) is 4.10. The third kappa shape index (κ3) is 3.11. The minimum absolute atomic E-state index is 0.243. The number of anilines is 2. The first kappa shape index (κ1) is 13.1. The van der Waals surface area contributed by atoms with Crippen LogP contribution in [0.15, 0.2) is 41.1 Å². The van der Waals surface area contributed by atoms with Gasteiger partial charge in [0, 0.05) is 29.7 Å². The van der Waals surface area contributed by atoms with Gasteiger partial charge in [0.15, 0.2) is 0 Å². The molecule has 0 saturated carbocycles. The summed E-state index contributed by atoms with van der Waals surface area (Å²) in [4.78, 5) is 4.33. The number of nitrogens with zero attached hydrogens (tertiary/aromatic N) is 2. The zero-order valence-electron chi connectivity index (χ0n) is 10.4. The van der Waals surface area contributed by atoms with Gasteiger partial charge in [-0.2, -0.15) is 0 Å². The van der Waals surface area contributed by atoms with Crippen molar-refractivity contribution in [3.05, 3.63) is 41.1 Å². The molecule has 0 aliphatic heterocycles. The number of ether oxygens (including phenoxy) is 1. The van der Waals surface area contributed by atoms with E-state index in [-0.39, 0.29) is 6.04 Å². The zero-order chi connectivity index (χ0) is 13.0. The van der Waals surface area contributed by atoms with Gasteiger partial charge in [0.2, 0.25) is 5.95 Å². The third-order valence-corrected chi connectivity index (χ3v) is 3.13. The lowest BCUT2D eigenvalue weighted by molar-refractivity contribution is 0.163. The molecule has 1 aromatic carbocycles. The van der Waals surface area contributed by atoms with Gasteiger partial charge in [-0.1, -0.05) is 22.0 Å². The van der Waals surface area contributed by atoms with Crippen molar-refractivity contribution >= 4 is 27.6 Å². The summed E-state index contributed by atoms with van der Waals surface area (Å²) in [7, 11) is 1.70. The van der Waals surface area contributed by atoms with E-state index in [2.05, 4.69) is 37.7 Å². The molecule has 0 bridgehead atoms. The van der Waals surface area contributed by atoms with E-state index in [0.717, 1.165) is 16.1 Å². The highest BCUT2D eigenvalue weighted by Crippen LogP contribution is 2.21. The summed E-state index contributed by atoms with van der Waals surface area (Å²) in [5, 5.41) is 3.30. The van der Waals surface area contributed by atoms with Gasteiger partial charge in [0.05, 0.1) is 12.6 Å². The van der Waals surface area contributed by atoms with Crippen molar-refractivity contribution < 1.29 is 4.74 Å². The summed E-state index contributed by atoms with van der Waals surface area (Å²) in [6, 6.07) is 8.24. The number of halogens is 1. The lowest BCUT2D eigenvalue weighted by Gasteiger charge is -2.16. The van der Waals surface area contributed by atoms with E-state index in [0.29, 0.717) is 6.61 Å². The van der Waals surface area contributed by atoms with Gasteiger partial charge in [-0.3, -0.25) is 0 Å². The van der Waals surface area contributed by atoms with Crippen LogP contribution in [-0.2, 0) is 4.74 Å². The Bertz CT molecular complexity index is 512. The largest absolute Gasteiger partial charge is 0.383 e. The number of benzene rings is 1. The van der Waals surface area contributed by atoms with E-state index in [9.17, 15) is 0 Å². The van der Waals surface area contributed by atoms with Gasteiger partial charge < -0.3 is 14.6 Å². The third-order valence-electron chi connectivity index (χ3n) is 2.63. The Labute approximate surface area is 115 Å². The number of hydrogen-bond donors (Lipinski definition) is 1. The molecular formula is C13H16BrN3O. The summed E-state index contributed by atoms with van der Waals surface area (Å²) in [6.45, 7) is 2.75. The summed E-state index contributed by atoms with van der Waals surface area (Å²) in [5.74, 6) is 0.817. The molecule has 0 radical (unpaired) electrons. The highest BCUT2D eigenvalue weighted by molar-refractivity contribution is 9.10. The van der Waals surface area contributed by atoms with Crippen molar-refractivity contribution in [3.8, 4) is 0 Å². The predicted octanol–water partition coefficient (Wildman–Crippen LogP) is 3.60. The quantitative estimate of drug-likeness (QED) is 0.917. The van der Waals surface area contributed by atoms with Crippen LogP contribution in [-0.4, -0.2) is 23.3 Å². The van der Waals surface area contributed by atoms with Gasteiger partial charge >= 0.3 is 0 Å². The van der Waals surface area contributed by atoms with Crippen LogP contribution in [0.5, 0.6) is 0 Å². The van der Waals surface area contributed by atoms with E-state index in [1.165, 1.54) is 0 Å². The molecule has 0 saturated heterocycles. The summed E-state index contributed by atoms with van der Waals surface area (Å²) >= 11 is 3.45. The van der Waals surface area contributed by atoms with E-state index in [1.807, 2.05) is 30.5 Å². The second-order valence-corrected chi connectivity index (χ2v) is 5.01. The zero-order valence-corrected chi connectivity index (χ0v) is 12.0.